The Kier molecular flexibility index (Phi) is 6.31. The molecule has 2 aliphatic rings. The first-order valence-corrected chi connectivity index (χ1v) is 10.1. The number of rotatable bonds is 7. The number of carbonyl (C=O) groups excluding carboxylic acids is 2. The van der Waals surface area contributed by atoms with E-state index in [-0.39, 0.29) is 13.2 Å². The molecule has 0 spiro atoms. The summed E-state index contributed by atoms with van der Waals surface area (Å²) in [7, 11) is 0.503. The lowest BCUT2D eigenvalue weighted by Gasteiger charge is -2.25. The van der Waals surface area contributed by atoms with Gasteiger partial charge < -0.3 is 29.7 Å². The van der Waals surface area contributed by atoms with Gasteiger partial charge in [0.15, 0.2) is 0 Å². The molecule has 3 N–H and O–H groups in total. The zero-order valence-corrected chi connectivity index (χ0v) is 17.4. The number of hydrogen-bond donors (Lipinski definition) is 3. The van der Waals surface area contributed by atoms with Crippen molar-refractivity contribution in [1.29, 1.82) is 0 Å². The highest BCUT2D eigenvalue weighted by Crippen LogP contribution is 2.13. The van der Waals surface area contributed by atoms with Gasteiger partial charge in [-0.2, -0.15) is 0 Å². The maximum Gasteiger partial charge on any atom is 0.491 e. The van der Waals surface area contributed by atoms with E-state index < -0.39 is 37.5 Å². The van der Waals surface area contributed by atoms with E-state index in [4.69, 9.17) is 9.31 Å². The summed E-state index contributed by atoms with van der Waals surface area (Å²) < 4.78 is 10.4. The summed E-state index contributed by atoms with van der Waals surface area (Å²) in [5.74, 6) is -2.00. The molecule has 2 heterocycles. The number of fused-ring (bicyclic) bond motifs is 2. The Morgan fingerprint density at radius 1 is 1.16 bits per heavy atom. The van der Waals surface area contributed by atoms with Crippen LogP contribution in [0.25, 0.3) is 0 Å². The molecule has 0 saturated carbocycles. The molecule has 2 aromatic carbocycles. The molecule has 2 aliphatic heterocycles. The van der Waals surface area contributed by atoms with Crippen molar-refractivity contribution in [3.05, 3.63) is 58.7 Å². The molecule has 4 rings (SSSR count). The predicted octanol–water partition coefficient (Wildman–Crippen LogP) is -0.976. The number of nitrogens with one attached hydrogen (secondary N) is 1. The number of carbonyl (C=O) groups is 3. The van der Waals surface area contributed by atoms with E-state index in [1.54, 1.807) is 50.8 Å². The van der Waals surface area contributed by atoms with Crippen LogP contribution in [0.5, 0.6) is 0 Å². The van der Waals surface area contributed by atoms with Crippen LogP contribution in [0.1, 0.15) is 38.8 Å². The van der Waals surface area contributed by atoms with E-state index in [0.717, 1.165) is 16.6 Å². The first kappa shape index (κ1) is 22.1. The Labute approximate surface area is 185 Å². The molecule has 2 amide bonds. The first-order valence-electron chi connectivity index (χ1n) is 10.1. The van der Waals surface area contributed by atoms with Crippen LogP contribution >= 0.6 is 0 Å². The van der Waals surface area contributed by atoms with E-state index in [1.807, 2.05) is 0 Å². The van der Waals surface area contributed by atoms with Crippen molar-refractivity contribution in [2.24, 2.45) is 0 Å². The standard InChI is InChI=1S/C21H21B2N2O7/c1-12(24-20(28)13-2-5-16-11-32-23(30)18(16)7-13)8-25(9-19(26)27)21(29)14-3-4-15-10-31-22-17(15)6-14/h2-7,12,30H,8-11H2,1H3,(H,24,28)(H,26,27)/t12-/m0/s1. The SMILES string of the molecule is C[C@@H](CN(CC(=O)O)C(=O)c1ccc2c(c1)[B]OC2)NC(=O)c1ccc2c(c1)B(O)OC2. The minimum Gasteiger partial charge on any atom is -0.480 e. The van der Waals surface area contributed by atoms with E-state index in [2.05, 4.69) is 5.32 Å². The van der Waals surface area contributed by atoms with Crippen molar-refractivity contribution >= 4 is 43.3 Å². The third kappa shape index (κ3) is 4.69. The van der Waals surface area contributed by atoms with Gasteiger partial charge in [-0.05, 0) is 47.2 Å². The van der Waals surface area contributed by atoms with Gasteiger partial charge in [0.2, 0.25) is 0 Å². The van der Waals surface area contributed by atoms with Crippen LogP contribution in [0, 0.1) is 0 Å². The molecule has 0 bridgehead atoms. The Hall–Kier alpha value is -3.14. The van der Waals surface area contributed by atoms with E-state index in [0.29, 0.717) is 23.2 Å². The highest BCUT2D eigenvalue weighted by atomic mass is 16.5. The molecule has 1 radical (unpaired) electrons. The Balaban J connectivity index is 1.44. The third-order valence-electron chi connectivity index (χ3n) is 5.40. The molecule has 163 valence electrons. The van der Waals surface area contributed by atoms with Crippen molar-refractivity contribution in [2.45, 2.75) is 26.2 Å². The number of benzene rings is 2. The highest BCUT2D eigenvalue weighted by Gasteiger charge is 2.28. The lowest BCUT2D eigenvalue weighted by atomic mass is 9.79. The molecular weight excluding hydrogens is 414 g/mol. The summed E-state index contributed by atoms with van der Waals surface area (Å²) in [6, 6.07) is 9.48. The van der Waals surface area contributed by atoms with Gasteiger partial charge in [-0.25, -0.2) is 0 Å². The number of nitrogens with zero attached hydrogens (tertiary/aromatic N) is 1. The Bertz CT molecular complexity index is 1080. The van der Waals surface area contributed by atoms with Crippen molar-refractivity contribution < 1.29 is 33.8 Å². The van der Waals surface area contributed by atoms with Crippen molar-refractivity contribution in [2.75, 3.05) is 13.1 Å². The maximum absolute atomic E-state index is 13.0. The Morgan fingerprint density at radius 2 is 1.91 bits per heavy atom. The summed E-state index contributed by atoms with van der Waals surface area (Å²) in [5.41, 5.74) is 3.79. The predicted molar refractivity (Wildman–Crippen MR) is 116 cm³/mol. The molecule has 0 fully saturated rings. The van der Waals surface area contributed by atoms with Crippen LogP contribution in [0.15, 0.2) is 36.4 Å². The number of amides is 2. The fourth-order valence-electron chi connectivity index (χ4n) is 3.79. The van der Waals surface area contributed by atoms with Crippen LogP contribution < -0.4 is 16.2 Å². The lowest BCUT2D eigenvalue weighted by Crippen LogP contribution is -2.46. The molecule has 2 aromatic rings. The number of carboxylic acid groups (broad SMARTS) is 1. The quantitative estimate of drug-likeness (QED) is 0.478. The average Bonchev–Trinajstić information content (AvgIpc) is 3.38. The number of hydrogen-bond acceptors (Lipinski definition) is 6. The number of aliphatic carboxylic acids is 1. The monoisotopic (exact) mass is 435 g/mol. The molecule has 0 aliphatic carbocycles. The van der Waals surface area contributed by atoms with Gasteiger partial charge in [-0.3, -0.25) is 14.4 Å². The fraction of sp³-hybridized carbons (Fsp3) is 0.286. The van der Waals surface area contributed by atoms with Gasteiger partial charge in [-0.1, -0.05) is 18.2 Å². The number of carboxylic acids is 1. The van der Waals surface area contributed by atoms with Crippen LogP contribution in [0.2, 0.25) is 0 Å². The third-order valence-corrected chi connectivity index (χ3v) is 5.40. The molecule has 11 heteroatoms. The topological polar surface area (TPSA) is 125 Å². The van der Waals surface area contributed by atoms with Gasteiger partial charge in [0.05, 0.1) is 13.2 Å². The summed E-state index contributed by atoms with van der Waals surface area (Å²) in [5, 5.41) is 21.9. The first-order chi connectivity index (χ1) is 15.3. The van der Waals surface area contributed by atoms with Gasteiger partial charge in [0.1, 0.15) is 6.54 Å². The fourth-order valence-corrected chi connectivity index (χ4v) is 3.79. The second kappa shape index (κ2) is 9.15. The van der Waals surface area contributed by atoms with Crippen LogP contribution in [-0.4, -0.2) is 66.5 Å². The second-order valence-electron chi connectivity index (χ2n) is 7.87. The average molecular weight is 435 g/mol. The largest absolute Gasteiger partial charge is 0.491 e. The van der Waals surface area contributed by atoms with Gasteiger partial charge in [-0.15, -0.1) is 0 Å². The van der Waals surface area contributed by atoms with E-state index >= 15 is 0 Å². The summed E-state index contributed by atoms with van der Waals surface area (Å²) in [6.45, 7) is 1.92. The minimum atomic E-state index is -1.15. The molecule has 0 aromatic heterocycles. The molecule has 32 heavy (non-hydrogen) atoms. The maximum atomic E-state index is 13.0. The van der Waals surface area contributed by atoms with Crippen LogP contribution in [-0.2, 0) is 27.3 Å². The second-order valence-corrected chi connectivity index (χ2v) is 7.87. The van der Waals surface area contributed by atoms with Gasteiger partial charge in [0.25, 0.3) is 11.8 Å². The molecule has 1 atom stereocenters. The summed E-state index contributed by atoms with van der Waals surface area (Å²) in [6.07, 6.45) is 0. The van der Waals surface area contributed by atoms with Gasteiger partial charge in [0, 0.05) is 23.7 Å². The Morgan fingerprint density at radius 3 is 2.69 bits per heavy atom. The zero-order chi connectivity index (χ0) is 22.8. The normalized spacial score (nSPS) is 14.9. The molecule has 9 nitrogen and oxygen atoms in total. The van der Waals surface area contributed by atoms with Crippen LogP contribution in [0.4, 0.5) is 0 Å². The minimum absolute atomic E-state index is 0.00481. The lowest BCUT2D eigenvalue weighted by molar-refractivity contribution is -0.137. The highest BCUT2D eigenvalue weighted by molar-refractivity contribution is 6.61. The molecule has 0 saturated heterocycles. The van der Waals surface area contributed by atoms with E-state index in [9.17, 15) is 24.5 Å². The molecule has 0 unspecified atom stereocenters. The van der Waals surface area contributed by atoms with Crippen LogP contribution in [0.3, 0.4) is 0 Å². The molecular formula is C21H21B2N2O7. The van der Waals surface area contributed by atoms with E-state index in [1.165, 1.54) is 4.90 Å². The van der Waals surface area contributed by atoms with Gasteiger partial charge >= 0.3 is 20.6 Å². The zero-order valence-electron chi connectivity index (χ0n) is 17.4. The van der Waals surface area contributed by atoms with Crippen molar-refractivity contribution in [3.63, 3.8) is 0 Å². The summed E-state index contributed by atoms with van der Waals surface area (Å²) >= 11 is 0. The van der Waals surface area contributed by atoms with Crippen molar-refractivity contribution in [3.8, 4) is 0 Å². The summed E-state index contributed by atoms with van der Waals surface area (Å²) in [4.78, 5) is 38.2. The van der Waals surface area contributed by atoms with Crippen molar-refractivity contribution in [1.82, 2.24) is 10.2 Å². The smallest absolute Gasteiger partial charge is 0.480 e.